The molecular formula is C12H18. The van der Waals surface area contributed by atoms with Gasteiger partial charge in [-0.15, -0.1) is 0 Å². The first kappa shape index (κ1) is 6.45. The Morgan fingerprint density at radius 3 is 2.75 bits per heavy atom. The van der Waals surface area contributed by atoms with Crippen molar-refractivity contribution in [1.82, 2.24) is 0 Å². The van der Waals surface area contributed by atoms with Crippen LogP contribution >= 0.6 is 0 Å². The molecule has 2 bridgehead atoms. The minimum Gasteiger partial charge on any atom is -0.0593 e. The van der Waals surface area contributed by atoms with Crippen LogP contribution in [0.15, 0.2) is 0 Å². The topological polar surface area (TPSA) is 0 Å². The zero-order valence-electron chi connectivity index (χ0n) is 7.97. The Morgan fingerprint density at radius 1 is 1.08 bits per heavy atom. The molecule has 4 rings (SSSR count). The van der Waals surface area contributed by atoms with Crippen molar-refractivity contribution in [2.75, 3.05) is 0 Å². The molecular weight excluding hydrogens is 144 g/mol. The first-order chi connectivity index (χ1) is 5.72. The molecule has 4 saturated carbocycles. The summed E-state index contributed by atoms with van der Waals surface area (Å²) < 4.78 is 0. The van der Waals surface area contributed by atoms with Crippen molar-refractivity contribution in [2.24, 2.45) is 28.6 Å². The van der Waals surface area contributed by atoms with E-state index >= 15 is 0 Å². The van der Waals surface area contributed by atoms with Gasteiger partial charge in [-0.2, -0.15) is 0 Å². The van der Waals surface area contributed by atoms with E-state index in [9.17, 15) is 0 Å². The molecule has 0 amide bonds. The second kappa shape index (κ2) is 1.51. The van der Waals surface area contributed by atoms with Gasteiger partial charge in [0.05, 0.1) is 0 Å². The van der Waals surface area contributed by atoms with Crippen molar-refractivity contribution in [1.29, 1.82) is 0 Å². The van der Waals surface area contributed by atoms with E-state index in [0.29, 0.717) is 0 Å². The highest BCUT2D eigenvalue weighted by Gasteiger charge is 2.68. The molecule has 0 aromatic rings. The molecule has 4 fully saturated rings. The number of hydrogen-bond donors (Lipinski definition) is 0. The standard InChI is InChI=1S/C12H18/c1-11-4-8-5-12(7-10(8)11)3-2-9(12)6-11/h8-10H,2-7H2,1H3. The summed E-state index contributed by atoms with van der Waals surface area (Å²) in [5.41, 5.74) is 1.75. The van der Waals surface area contributed by atoms with Crippen LogP contribution in [0.3, 0.4) is 0 Å². The maximum absolute atomic E-state index is 2.57. The third kappa shape index (κ3) is 0.459. The molecule has 66 valence electrons. The highest BCUT2D eigenvalue weighted by Crippen LogP contribution is 2.77. The SMILES string of the molecule is CC12CC3CC4(CCC4C1)CC32. The predicted molar refractivity (Wildman–Crippen MR) is 48.7 cm³/mol. The van der Waals surface area contributed by atoms with Gasteiger partial charge in [-0.05, 0) is 67.1 Å². The predicted octanol–water partition coefficient (Wildman–Crippen LogP) is 3.22. The van der Waals surface area contributed by atoms with Crippen molar-refractivity contribution >= 4 is 0 Å². The van der Waals surface area contributed by atoms with Crippen LogP contribution in [0.4, 0.5) is 0 Å². The minimum atomic E-state index is 0.829. The number of hydrogen-bond acceptors (Lipinski definition) is 0. The lowest BCUT2D eigenvalue weighted by Crippen LogP contribution is -2.50. The Bertz CT molecular complexity index is 257. The van der Waals surface area contributed by atoms with Crippen LogP contribution in [0, 0.1) is 28.6 Å². The van der Waals surface area contributed by atoms with E-state index in [4.69, 9.17) is 0 Å². The fourth-order valence-electron chi connectivity index (χ4n) is 5.38. The van der Waals surface area contributed by atoms with Crippen LogP contribution in [0.5, 0.6) is 0 Å². The van der Waals surface area contributed by atoms with E-state index in [-0.39, 0.29) is 0 Å². The van der Waals surface area contributed by atoms with Crippen LogP contribution in [-0.2, 0) is 0 Å². The summed E-state index contributed by atoms with van der Waals surface area (Å²) in [6, 6.07) is 0. The van der Waals surface area contributed by atoms with E-state index in [1.807, 2.05) is 0 Å². The van der Waals surface area contributed by atoms with Crippen molar-refractivity contribution in [3.8, 4) is 0 Å². The molecule has 12 heavy (non-hydrogen) atoms. The largest absolute Gasteiger partial charge is 0.0593 e. The van der Waals surface area contributed by atoms with E-state index in [1.54, 1.807) is 38.5 Å². The summed E-state index contributed by atoms with van der Waals surface area (Å²) >= 11 is 0. The molecule has 0 nitrogen and oxygen atoms in total. The first-order valence-electron chi connectivity index (χ1n) is 5.72. The third-order valence-electron chi connectivity index (χ3n) is 6.06. The molecule has 0 heteroatoms. The molecule has 1 spiro atoms. The third-order valence-corrected chi connectivity index (χ3v) is 6.06. The van der Waals surface area contributed by atoms with Gasteiger partial charge in [0.1, 0.15) is 0 Å². The van der Waals surface area contributed by atoms with E-state index < -0.39 is 0 Å². The second-order valence-corrected chi connectivity index (χ2v) is 6.44. The molecule has 0 aromatic heterocycles. The number of rotatable bonds is 0. The lowest BCUT2D eigenvalue weighted by atomic mass is 9.46. The summed E-state index contributed by atoms with van der Waals surface area (Å²) in [5.74, 6) is 3.53. The Hall–Kier alpha value is 0. The van der Waals surface area contributed by atoms with Gasteiger partial charge >= 0.3 is 0 Å². The zero-order valence-corrected chi connectivity index (χ0v) is 7.97. The summed E-state index contributed by atoms with van der Waals surface area (Å²) in [4.78, 5) is 0. The van der Waals surface area contributed by atoms with E-state index in [0.717, 1.165) is 10.8 Å². The molecule has 5 atom stereocenters. The van der Waals surface area contributed by atoms with Crippen LogP contribution in [-0.4, -0.2) is 0 Å². The lowest BCUT2D eigenvalue weighted by Gasteiger charge is -2.59. The second-order valence-electron chi connectivity index (χ2n) is 6.44. The first-order valence-corrected chi connectivity index (χ1v) is 5.72. The molecule has 0 aromatic carbocycles. The molecule has 4 aliphatic carbocycles. The molecule has 4 aliphatic rings. The Morgan fingerprint density at radius 2 is 2.00 bits per heavy atom. The monoisotopic (exact) mass is 162 g/mol. The maximum Gasteiger partial charge on any atom is -0.0263 e. The average Bonchev–Trinajstić information content (AvgIpc) is 2.29. The molecule has 5 unspecified atom stereocenters. The summed E-state index contributed by atoms with van der Waals surface area (Å²) in [5, 5.41) is 0. The Balaban J connectivity index is 1.82. The highest BCUT2D eigenvalue weighted by molar-refractivity contribution is 5.18. The lowest BCUT2D eigenvalue weighted by molar-refractivity contribution is -0.0917. The van der Waals surface area contributed by atoms with Gasteiger partial charge < -0.3 is 0 Å². The van der Waals surface area contributed by atoms with Gasteiger partial charge in [0, 0.05) is 0 Å². The summed E-state index contributed by atoms with van der Waals surface area (Å²) in [6.45, 7) is 2.57. The fourth-order valence-corrected chi connectivity index (χ4v) is 5.38. The van der Waals surface area contributed by atoms with Gasteiger partial charge in [-0.1, -0.05) is 6.92 Å². The van der Waals surface area contributed by atoms with Crippen LogP contribution in [0.2, 0.25) is 0 Å². The highest BCUT2D eigenvalue weighted by atomic mass is 14.7. The van der Waals surface area contributed by atoms with Crippen molar-refractivity contribution in [2.45, 2.75) is 45.4 Å². The average molecular weight is 162 g/mol. The zero-order chi connectivity index (χ0) is 7.97. The summed E-state index contributed by atoms with van der Waals surface area (Å²) in [6.07, 6.45) is 9.65. The van der Waals surface area contributed by atoms with Gasteiger partial charge in [0.25, 0.3) is 0 Å². The van der Waals surface area contributed by atoms with E-state index in [1.165, 1.54) is 17.8 Å². The molecule has 0 saturated heterocycles. The van der Waals surface area contributed by atoms with Crippen molar-refractivity contribution in [3.05, 3.63) is 0 Å². The smallest absolute Gasteiger partial charge is 0.0263 e. The Labute approximate surface area is 74.7 Å². The summed E-state index contributed by atoms with van der Waals surface area (Å²) in [7, 11) is 0. The molecule has 0 radical (unpaired) electrons. The molecule has 0 heterocycles. The van der Waals surface area contributed by atoms with Crippen LogP contribution in [0.25, 0.3) is 0 Å². The van der Waals surface area contributed by atoms with E-state index in [2.05, 4.69) is 6.92 Å². The fraction of sp³-hybridized carbons (Fsp3) is 1.00. The minimum absolute atomic E-state index is 0.829. The van der Waals surface area contributed by atoms with Crippen LogP contribution in [0.1, 0.15) is 45.4 Å². The van der Waals surface area contributed by atoms with Gasteiger partial charge in [-0.25, -0.2) is 0 Å². The van der Waals surface area contributed by atoms with Gasteiger partial charge in [0.2, 0.25) is 0 Å². The van der Waals surface area contributed by atoms with Crippen molar-refractivity contribution in [3.63, 3.8) is 0 Å². The van der Waals surface area contributed by atoms with Crippen LogP contribution < -0.4 is 0 Å². The molecule has 0 aliphatic heterocycles. The van der Waals surface area contributed by atoms with Crippen molar-refractivity contribution < 1.29 is 0 Å². The quantitative estimate of drug-likeness (QED) is 0.513. The Kier molecular flexibility index (Phi) is 0.811. The van der Waals surface area contributed by atoms with Gasteiger partial charge in [-0.3, -0.25) is 0 Å². The van der Waals surface area contributed by atoms with Gasteiger partial charge in [0.15, 0.2) is 0 Å². The molecule has 0 N–H and O–H groups in total. The maximum atomic E-state index is 2.57. The normalized spacial score (nSPS) is 71.2.